The predicted molar refractivity (Wildman–Crippen MR) is 61.6 cm³/mol. The first-order valence-corrected chi connectivity index (χ1v) is 6.12. The molecule has 0 aliphatic heterocycles. The smallest absolute Gasteiger partial charge is 0.387 e. The van der Waals surface area contributed by atoms with Gasteiger partial charge >= 0.3 is 12.6 Å². The number of hydrogen-bond acceptors (Lipinski definition) is 3. The van der Waals surface area contributed by atoms with E-state index in [4.69, 9.17) is 0 Å². The molecule has 0 fully saturated rings. The summed E-state index contributed by atoms with van der Waals surface area (Å²) >= 11 is 3.00. The topological polar surface area (TPSA) is 35.5 Å². The Hall–Kier alpha value is -1.24. The molecule has 0 unspecified atom stereocenters. The van der Waals surface area contributed by atoms with Crippen molar-refractivity contribution in [1.29, 1.82) is 0 Å². The van der Waals surface area contributed by atoms with Crippen molar-refractivity contribution in [2.75, 3.05) is 6.61 Å². The largest absolute Gasteiger partial charge is 0.462 e. The molecular formula is C11H10BrF3O3. The van der Waals surface area contributed by atoms with Gasteiger partial charge in [0.2, 0.25) is 0 Å². The van der Waals surface area contributed by atoms with E-state index in [9.17, 15) is 18.0 Å². The highest BCUT2D eigenvalue weighted by Crippen LogP contribution is 2.25. The first-order chi connectivity index (χ1) is 8.49. The van der Waals surface area contributed by atoms with Gasteiger partial charge in [-0.15, -0.1) is 0 Å². The monoisotopic (exact) mass is 326 g/mol. The molecule has 1 aromatic rings. The molecule has 0 saturated carbocycles. The van der Waals surface area contributed by atoms with Crippen LogP contribution in [0.3, 0.4) is 0 Å². The fraction of sp³-hybridized carbons (Fsp3) is 0.364. The zero-order chi connectivity index (χ0) is 13.7. The van der Waals surface area contributed by atoms with Gasteiger partial charge in [0, 0.05) is 10.9 Å². The maximum Gasteiger partial charge on any atom is 0.387 e. The van der Waals surface area contributed by atoms with Crippen LogP contribution in [0.4, 0.5) is 13.2 Å². The fourth-order valence-electron chi connectivity index (χ4n) is 1.28. The molecule has 3 nitrogen and oxygen atoms in total. The van der Waals surface area contributed by atoms with Gasteiger partial charge in [-0.2, -0.15) is 8.78 Å². The van der Waals surface area contributed by atoms with Crippen molar-refractivity contribution < 1.29 is 27.4 Å². The standard InChI is InChI=1S/C11H10BrF3O3/c1-2-17-10(16)8-4-7(18-11(14)15)3-6(5-12)9(8)13/h3-4,11H,2,5H2,1H3. The molecule has 0 bridgehead atoms. The lowest BCUT2D eigenvalue weighted by molar-refractivity contribution is -0.0500. The van der Waals surface area contributed by atoms with E-state index in [0.29, 0.717) is 0 Å². The summed E-state index contributed by atoms with van der Waals surface area (Å²) in [5, 5.41) is 0.0612. The average Bonchev–Trinajstić information content (AvgIpc) is 2.30. The second-order valence-corrected chi connectivity index (χ2v) is 3.74. The van der Waals surface area contributed by atoms with Gasteiger partial charge in [-0.25, -0.2) is 9.18 Å². The Bertz CT molecular complexity index is 438. The molecule has 1 rings (SSSR count). The summed E-state index contributed by atoms with van der Waals surface area (Å²) in [6, 6.07) is 1.99. The van der Waals surface area contributed by atoms with Crippen LogP contribution in [0.1, 0.15) is 22.8 Å². The Morgan fingerprint density at radius 1 is 1.44 bits per heavy atom. The molecule has 100 valence electrons. The van der Waals surface area contributed by atoms with Crippen LogP contribution < -0.4 is 4.74 Å². The van der Waals surface area contributed by atoms with Crippen molar-refractivity contribution in [3.8, 4) is 5.75 Å². The van der Waals surface area contributed by atoms with Crippen LogP contribution in [-0.4, -0.2) is 19.2 Å². The van der Waals surface area contributed by atoms with Crippen molar-refractivity contribution in [3.63, 3.8) is 0 Å². The lowest BCUT2D eigenvalue weighted by Gasteiger charge is -2.10. The molecule has 0 aliphatic carbocycles. The second kappa shape index (κ2) is 6.63. The Kier molecular flexibility index (Phi) is 5.46. The van der Waals surface area contributed by atoms with Crippen LogP contribution in [0.25, 0.3) is 0 Å². The molecule has 0 aliphatic rings. The van der Waals surface area contributed by atoms with Gasteiger partial charge in [-0.3, -0.25) is 0 Å². The zero-order valence-electron chi connectivity index (χ0n) is 9.38. The summed E-state index contributed by atoms with van der Waals surface area (Å²) in [6.45, 7) is -1.43. The summed E-state index contributed by atoms with van der Waals surface area (Å²) in [5.74, 6) is -2.02. The predicted octanol–water partition coefficient (Wildman–Crippen LogP) is 3.50. The van der Waals surface area contributed by atoms with Crippen molar-refractivity contribution in [3.05, 3.63) is 29.1 Å². The molecule has 0 heterocycles. The lowest BCUT2D eigenvalue weighted by Crippen LogP contribution is -2.10. The molecular weight excluding hydrogens is 317 g/mol. The van der Waals surface area contributed by atoms with Crippen molar-refractivity contribution in [2.45, 2.75) is 18.9 Å². The minimum Gasteiger partial charge on any atom is -0.462 e. The third-order valence-corrected chi connectivity index (χ3v) is 2.59. The van der Waals surface area contributed by atoms with Gasteiger partial charge < -0.3 is 9.47 Å². The number of halogens is 4. The number of benzene rings is 1. The molecule has 0 radical (unpaired) electrons. The molecule has 0 atom stereocenters. The number of hydrogen-bond donors (Lipinski definition) is 0. The molecule has 1 aromatic carbocycles. The minimum atomic E-state index is -3.05. The van der Waals surface area contributed by atoms with E-state index in [1.165, 1.54) is 0 Å². The molecule has 0 spiro atoms. The first kappa shape index (κ1) is 14.8. The summed E-state index contributed by atoms with van der Waals surface area (Å²) < 4.78 is 46.8. The SMILES string of the molecule is CCOC(=O)c1cc(OC(F)F)cc(CBr)c1F. The van der Waals surface area contributed by atoms with Gasteiger partial charge in [0.15, 0.2) is 0 Å². The number of carbonyl (C=O) groups is 1. The number of alkyl halides is 3. The van der Waals surface area contributed by atoms with Gasteiger partial charge in [0.05, 0.1) is 12.2 Å². The Morgan fingerprint density at radius 3 is 2.61 bits per heavy atom. The number of carbonyl (C=O) groups excluding carboxylic acids is 1. The van der Waals surface area contributed by atoms with Crippen LogP contribution in [0, 0.1) is 5.82 Å². The minimum absolute atomic E-state index is 0.0382. The maximum absolute atomic E-state index is 13.8. The molecule has 18 heavy (non-hydrogen) atoms. The first-order valence-electron chi connectivity index (χ1n) is 4.99. The Morgan fingerprint density at radius 2 is 2.11 bits per heavy atom. The van der Waals surface area contributed by atoms with Gasteiger partial charge in [-0.1, -0.05) is 15.9 Å². The molecule has 0 aromatic heterocycles. The Balaban J connectivity index is 3.18. The van der Waals surface area contributed by atoms with Crippen molar-refractivity contribution >= 4 is 21.9 Å². The van der Waals surface area contributed by atoms with Gasteiger partial charge in [0.1, 0.15) is 11.6 Å². The third kappa shape index (κ3) is 3.63. The molecule has 0 amide bonds. The normalized spacial score (nSPS) is 10.6. The lowest BCUT2D eigenvalue weighted by atomic mass is 10.1. The number of rotatable bonds is 5. The second-order valence-electron chi connectivity index (χ2n) is 3.18. The Labute approximate surface area is 110 Å². The fourth-order valence-corrected chi connectivity index (χ4v) is 1.69. The van der Waals surface area contributed by atoms with E-state index in [-0.39, 0.29) is 23.2 Å². The highest BCUT2D eigenvalue weighted by Gasteiger charge is 2.19. The van der Waals surface area contributed by atoms with Crippen LogP contribution in [0.2, 0.25) is 0 Å². The van der Waals surface area contributed by atoms with Crippen LogP contribution >= 0.6 is 15.9 Å². The van der Waals surface area contributed by atoms with Gasteiger partial charge in [-0.05, 0) is 19.1 Å². The molecule has 7 heteroatoms. The van der Waals surface area contributed by atoms with E-state index in [2.05, 4.69) is 25.4 Å². The highest BCUT2D eigenvalue weighted by atomic mass is 79.9. The summed E-state index contributed by atoms with van der Waals surface area (Å²) in [5.41, 5.74) is -0.388. The average molecular weight is 327 g/mol. The van der Waals surface area contributed by atoms with Crippen LogP contribution in [0.15, 0.2) is 12.1 Å². The summed E-state index contributed by atoms with van der Waals surface area (Å²) in [7, 11) is 0. The van der Waals surface area contributed by atoms with E-state index in [1.807, 2.05) is 0 Å². The van der Waals surface area contributed by atoms with E-state index < -0.39 is 24.0 Å². The summed E-state index contributed by atoms with van der Waals surface area (Å²) in [4.78, 5) is 11.5. The zero-order valence-corrected chi connectivity index (χ0v) is 11.0. The molecule has 0 N–H and O–H groups in total. The van der Waals surface area contributed by atoms with Crippen molar-refractivity contribution in [1.82, 2.24) is 0 Å². The van der Waals surface area contributed by atoms with Crippen LogP contribution in [-0.2, 0) is 10.1 Å². The van der Waals surface area contributed by atoms with E-state index >= 15 is 0 Å². The third-order valence-electron chi connectivity index (χ3n) is 1.99. The number of ether oxygens (including phenoxy) is 2. The van der Waals surface area contributed by atoms with Crippen molar-refractivity contribution in [2.24, 2.45) is 0 Å². The van der Waals surface area contributed by atoms with E-state index in [1.54, 1.807) is 6.92 Å². The molecule has 0 saturated heterocycles. The number of esters is 1. The highest BCUT2D eigenvalue weighted by molar-refractivity contribution is 9.08. The maximum atomic E-state index is 13.8. The summed E-state index contributed by atoms with van der Waals surface area (Å²) in [6.07, 6.45) is 0. The van der Waals surface area contributed by atoms with Gasteiger partial charge in [0.25, 0.3) is 0 Å². The van der Waals surface area contributed by atoms with Crippen LogP contribution in [0.5, 0.6) is 5.75 Å². The van der Waals surface area contributed by atoms with E-state index in [0.717, 1.165) is 12.1 Å². The quantitative estimate of drug-likeness (QED) is 0.613.